The van der Waals surface area contributed by atoms with E-state index in [1.165, 1.54) is 0 Å². The first kappa shape index (κ1) is 17.6. The maximum absolute atomic E-state index is 12.3. The van der Waals surface area contributed by atoms with Crippen LogP contribution >= 0.6 is 11.8 Å². The molecule has 1 aromatic heterocycles. The lowest BCUT2D eigenvalue weighted by Crippen LogP contribution is -2.57. The zero-order valence-electron chi connectivity index (χ0n) is 14.1. The predicted molar refractivity (Wildman–Crippen MR) is 92.1 cm³/mol. The van der Waals surface area contributed by atoms with Gasteiger partial charge in [0.2, 0.25) is 0 Å². The molecular formula is C16H26N4O3S. The number of likely N-dealkylation sites (tertiary alicyclic amines) is 1. The van der Waals surface area contributed by atoms with Gasteiger partial charge in [-0.15, -0.1) is 0 Å². The fraction of sp³-hybridized carbons (Fsp3) is 0.750. The number of nitrogens with zero attached hydrogens (tertiary/aromatic N) is 3. The number of imidazole rings is 1. The third-order valence-corrected chi connectivity index (χ3v) is 5.96. The van der Waals surface area contributed by atoms with Crippen LogP contribution in [-0.4, -0.2) is 69.3 Å². The van der Waals surface area contributed by atoms with E-state index in [2.05, 4.69) is 10.3 Å². The Bertz CT molecular complexity index is 557. The molecule has 2 fully saturated rings. The topological polar surface area (TPSA) is 79.6 Å². The minimum atomic E-state index is -0.427. The van der Waals surface area contributed by atoms with Gasteiger partial charge in [0.15, 0.2) is 5.16 Å². The van der Waals surface area contributed by atoms with E-state index < -0.39 is 11.7 Å². The van der Waals surface area contributed by atoms with E-state index >= 15 is 0 Å². The van der Waals surface area contributed by atoms with Gasteiger partial charge in [-0.05, 0) is 25.7 Å². The fourth-order valence-electron chi connectivity index (χ4n) is 3.38. The van der Waals surface area contributed by atoms with E-state index in [0.717, 1.165) is 23.8 Å². The largest absolute Gasteiger partial charge is 0.390 e. The molecule has 134 valence electrons. The quantitative estimate of drug-likeness (QED) is 0.628. The molecule has 7 nitrogen and oxygen atoms in total. The summed E-state index contributed by atoms with van der Waals surface area (Å²) in [7, 11) is 1.96. The summed E-state index contributed by atoms with van der Waals surface area (Å²) in [6.45, 7) is 2.59. The summed E-state index contributed by atoms with van der Waals surface area (Å²) in [5, 5.41) is 14.2. The lowest BCUT2D eigenvalue weighted by molar-refractivity contribution is -0.173. The second-order valence-electron chi connectivity index (χ2n) is 6.46. The molecule has 24 heavy (non-hydrogen) atoms. The summed E-state index contributed by atoms with van der Waals surface area (Å²) < 4.78 is 7.84. The number of carbonyl (C=O) groups excluding carboxylic acids is 1. The number of piperidine rings is 1. The molecule has 8 heteroatoms. The highest BCUT2D eigenvalue weighted by Crippen LogP contribution is 2.35. The van der Waals surface area contributed by atoms with Gasteiger partial charge in [-0.3, -0.25) is 0 Å². The fourth-order valence-corrected chi connectivity index (χ4v) is 4.17. The van der Waals surface area contributed by atoms with Crippen molar-refractivity contribution in [1.29, 1.82) is 0 Å². The minimum absolute atomic E-state index is 0.0319. The SMILES string of the molecule is Cn1ccnc1SCCNC(=O)N1CCC2(CC1)OCCCC2O. The van der Waals surface area contributed by atoms with Crippen molar-refractivity contribution in [2.75, 3.05) is 32.0 Å². The van der Waals surface area contributed by atoms with Crippen LogP contribution in [0, 0.1) is 0 Å². The van der Waals surface area contributed by atoms with Gasteiger partial charge < -0.3 is 24.6 Å². The number of aromatic nitrogens is 2. The Hall–Kier alpha value is -1.25. The van der Waals surface area contributed by atoms with Gasteiger partial charge in [0.25, 0.3) is 0 Å². The number of rotatable bonds is 4. The molecule has 3 rings (SSSR count). The zero-order valence-corrected chi connectivity index (χ0v) is 14.9. The molecule has 1 spiro atoms. The molecule has 1 unspecified atom stereocenters. The Morgan fingerprint density at radius 1 is 1.54 bits per heavy atom. The summed E-state index contributed by atoms with van der Waals surface area (Å²) in [6.07, 6.45) is 6.42. The number of nitrogens with one attached hydrogen (secondary N) is 1. The van der Waals surface area contributed by atoms with Crippen LogP contribution in [0.4, 0.5) is 4.79 Å². The molecule has 1 atom stereocenters. The molecule has 0 bridgehead atoms. The van der Waals surface area contributed by atoms with Crippen molar-refractivity contribution in [3.63, 3.8) is 0 Å². The van der Waals surface area contributed by atoms with Crippen molar-refractivity contribution < 1.29 is 14.6 Å². The molecule has 2 aliphatic rings. The van der Waals surface area contributed by atoms with Crippen LogP contribution in [0.3, 0.4) is 0 Å². The van der Waals surface area contributed by atoms with Crippen LogP contribution in [0.2, 0.25) is 0 Å². The first-order chi connectivity index (χ1) is 11.6. The Labute approximate surface area is 146 Å². The van der Waals surface area contributed by atoms with E-state index in [4.69, 9.17) is 4.74 Å². The van der Waals surface area contributed by atoms with Gasteiger partial charge in [-0.2, -0.15) is 0 Å². The molecule has 2 saturated heterocycles. The number of urea groups is 1. The van der Waals surface area contributed by atoms with Crippen LogP contribution in [0.15, 0.2) is 17.6 Å². The number of hydrogen-bond acceptors (Lipinski definition) is 5. The first-order valence-electron chi connectivity index (χ1n) is 8.56. The van der Waals surface area contributed by atoms with Crippen molar-refractivity contribution in [2.45, 2.75) is 42.5 Å². The third-order valence-electron chi connectivity index (χ3n) is 4.90. The van der Waals surface area contributed by atoms with Crippen molar-refractivity contribution in [3.05, 3.63) is 12.4 Å². The third kappa shape index (κ3) is 3.87. The van der Waals surface area contributed by atoms with Gasteiger partial charge >= 0.3 is 6.03 Å². The van der Waals surface area contributed by atoms with Crippen molar-refractivity contribution in [1.82, 2.24) is 19.8 Å². The molecule has 0 aliphatic carbocycles. The van der Waals surface area contributed by atoms with Crippen molar-refractivity contribution >= 4 is 17.8 Å². The van der Waals surface area contributed by atoms with Gasteiger partial charge in [0.05, 0.1) is 11.7 Å². The molecule has 1 aromatic rings. The zero-order chi connectivity index (χ0) is 17.0. The number of thioether (sulfide) groups is 1. The molecule has 2 aliphatic heterocycles. The van der Waals surface area contributed by atoms with Crippen LogP contribution in [0.25, 0.3) is 0 Å². The molecular weight excluding hydrogens is 328 g/mol. The first-order valence-corrected chi connectivity index (χ1v) is 9.54. The highest BCUT2D eigenvalue weighted by atomic mass is 32.2. The summed E-state index contributed by atoms with van der Waals surface area (Å²) in [5.74, 6) is 0.788. The van der Waals surface area contributed by atoms with E-state index in [-0.39, 0.29) is 6.03 Å². The number of aliphatic hydroxyl groups is 1. The summed E-state index contributed by atoms with van der Waals surface area (Å²) >= 11 is 1.63. The maximum Gasteiger partial charge on any atom is 0.317 e. The molecule has 0 radical (unpaired) electrons. The number of amides is 2. The monoisotopic (exact) mass is 354 g/mol. The summed E-state index contributed by atoms with van der Waals surface area (Å²) in [4.78, 5) is 18.3. The molecule has 2 amide bonds. The number of ether oxygens (including phenoxy) is 1. The molecule has 2 N–H and O–H groups in total. The standard InChI is InChI=1S/C16H26N4O3S/c1-19-10-6-18-15(19)24-12-7-17-14(22)20-8-4-16(5-9-20)13(21)3-2-11-23-16/h6,10,13,21H,2-5,7-9,11-12H2,1H3,(H,17,22). The lowest BCUT2D eigenvalue weighted by atomic mass is 9.82. The Morgan fingerprint density at radius 3 is 3.00 bits per heavy atom. The number of aryl methyl sites for hydroxylation is 1. The summed E-state index contributed by atoms with van der Waals surface area (Å²) in [5.41, 5.74) is -0.427. The molecule has 3 heterocycles. The number of hydrogen-bond donors (Lipinski definition) is 2. The Kier molecular flexibility index (Phi) is 5.68. The molecule has 0 aromatic carbocycles. The number of carbonyl (C=O) groups is 1. The Balaban J connectivity index is 1.38. The van der Waals surface area contributed by atoms with Crippen LogP contribution < -0.4 is 5.32 Å². The minimum Gasteiger partial charge on any atom is -0.390 e. The van der Waals surface area contributed by atoms with Crippen molar-refractivity contribution in [3.8, 4) is 0 Å². The van der Waals surface area contributed by atoms with Gasteiger partial charge in [0.1, 0.15) is 0 Å². The summed E-state index contributed by atoms with van der Waals surface area (Å²) in [6, 6.07) is -0.0319. The van der Waals surface area contributed by atoms with Gasteiger partial charge in [-0.1, -0.05) is 11.8 Å². The average Bonchev–Trinajstić information content (AvgIpc) is 3.00. The van der Waals surface area contributed by atoms with Crippen LogP contribution in [0.5, 0.6) is 0 Å². The highest BCUT2D eigenvalue weighted by Gasteiger charge is 2.44. The normalized spacial score (nSPS) is 23.4. The second-order valence-corrected chi connectivity index (χ2v) is 7.52. The lowest BCUT2D eigenvalue weighted by Gasteiger charge is -2.46. The van der Waals surface area contributed by atoms with E-state index in [9.17, 15) is 9.90 Å². The maximum atomic E-state index is 12.3. The van der Waals surface area contributed by atoms with Gasteiger partial charge in [-0.25, -0.2) is 9.78 Å². The van der Waals surface area contributed by atoms with Crippen LogP contribution in [0.1, 0.15) is 25.7 Å². The van der Waals surface area contributed by atoms with E-state index in [1.54, 1.807) is 18.0 Å². The second kappa shape index (κ2) is 7.76. The van der Waals surface area contributed by atoms with Crippen molar-refractivity contribution in [2.24, 2.45) is 7.05 Å². The van der Waals surface area contributed by atoms with Gasteiger partial charge in [0, 0.05) is 51.4 Å². The smallest absolute Gasteiger partial charge is 0.317 e. The van der Waals surface area contributed by atoms with E-state index in [1.807, 2.05) is 22.7 Å². The van der Waals surface area contributed by atoms with Crippen LogP contribution in [-0.2, 0) is 11.8 Å². The predicted octanol–water partition coefficient (Wildman–Crippen LogP) is 1.23. The number of aliphatic hydroxyl groups excluding tert-OH is 1. The highest BCUT2D eigenvalue weighted by molar-refractivity contribution is 7.99. The Morgan fingerprint density at radius 2 is 2.33 bits per heavy atom. The molecule has 0 saturated carbocycles. The van der Waals surface area contributed by atoms with E-state index in [0.29, 0.717) is 39.1 Å². The average molecular weight is 354 g/mol.